The van der Waals surface area contributed by atoms with E-state index in [2.05, 4.69) is 10.6 Å². The minimum Gasteiger partial charge on any atom is -0.312 e. The summed E-state index contributed by atoms with van der Waals surface area (Å²) in [5, 5.41) is 7.54. The summed E-state index contributed by atoms with van der Waals surface area (Å²) in [5.74, 6) is 1.01. The summed E-state index contributed by atoms with van der Waals surface area (Å²) in [6.07, 6.45) is 11.6. The van der Waals surface area contributed by atoms with Crippen LogP contribution in [0.1, 0.15) is 51.4 Å². The lowest BCUT2D eigenvalue weighted by Crippen LogP contribution is -2.44. The third-order valence-corrected chi connectivity index (χ3v) is 4.70. The zero-order valence-electron chi connectivity index (χ0n) is 9.67. The van der Waals surface area contributed by atoms with E-state index in [0.29, 0.717) is 0 Å². The smallest absolute Gasteiger partial charge is 0.0198 e. The Kier molecular flexibility index (Phi) is 2.98. The molecule has 3 fully saturated rings. The SMILES string of the molecule is C1CC(NCC2CC3CCCCC3N2)C1. The van der Waals surface area contributed by atoms with Crippen LogP contribution in [-0.2, 0) is 0 Å². The topological polar surface area (TPSA) is 24.1 Å². The van der Waals surface area contributed by atoms with E-state index in [0.717, 1.165) is 24.0 Å². The zero-order valence-corrected chi connectivity index (χ0v) is 9.67. The molecule has 2 aliphatic carbocycles. The van der Waals surface area contributed by atoms with Crippen molar-refractivity contribution in [1.82, 2.24) is 10.6 Å². The minimum atomic E-state index is 0.777. The molecule has 3 rings (SSSR count). The Morgan fingerprint density at radius 3 is 2.60 bits per heavy atom. The van der Waals surface area contributed by atoms with Gasteiger partial charge < -0.3 is 10.6 Å². The van der Waals surface area contributed by atoms with Gasteiger partial charge in [-0.1, -0.05) is 19.3 Å². The molecule has 0 aromatic carbocycles. The first-order valence-electron chi connectivity index (χ1n) is 6.91. The van der Waals surface area contributed by atoms with Gasteiger partial charge in [-0.05, 0) is 38.0 Å². The Labute approximate surface area is 93.2 Å². The molecule has 86 valence electrons. The maximum atomic E-state index is 3.83. The fraction of sp³-hybridized carbons (Fsp3) is 1.00. The van der Waals surface area contributed by atoms with E-state index < -0.39 is 0 Å². The third-order valence-electron chi connectivity index (χ3n) is 4.70. The van der Waals surface area contributed by atoms with Gasteiger partial charge >= 0.3 is 0 Å². The van der Waals surface area contributed by atoms with Gasteiger partial charge in [-0.3, -0.25) is 0 Å². The van der Waals surface area contributed by atoms with Gasteiger partial charge in [0.25, 0.3) is 0 Å². The highest BCUT2D eigenvalue weighted by Gasteiger charge is 2.35. The fourth-order valence-electron chi connectivity index (χ4n) is 3.51. The van der Waals surface area contributed by atoms with Crippen molar-refractivity contribution in [3.63, 3.8) is 0 Å². The molecule has 0 amide bonds. The van der Waals surface area contributed by atoms with Crippen LogP contribution < -0.4 is 10.6 Å². The van der Waals surface area contributed by atoms with Crippen LogP contribution in [0.3, 0.4) is 0 Å². The van der Waals surface area contributed by atoms with Crippen molar-refractivity contribution < 1.29 is 0 Å². The van der Waals surface area contributed by atoms with E-state index in [9.17, 15) is 0 Å². The second kappa shape index (κ2) is 4.42. The Hall–Kier alpha value is -0.0800. The monoisotopic (exact) mass is 208 g/mol. The van der Waals surface area contributed by atoms with Crippen LogP contribution in [0.15, 0.2) is 0 Å². The summed E-state index contributed by atoms with van der Waals surface area (Å²) in [6, 6.07) is 2.50. The molecular weight excluding hydrogens is 184 g/mol. The van der Waals surface area contributed by atoms with E-state index >= 15 is 0 Å². The first kappa shape index (κ1) is 10.1. The summed E-state index contributed by atoms with van der Waals surface area (Å²) >= 11 is 0. The van der Waals surface area contributed by atoms with Crippen LogP contribution in [0.5, 0.6) is 0 Å². The molecule has 3 atom stereocenters. The zero-order chi connectivity index (χ0) is 10.1. The Morgan fingerprint density at radius 2 is 1.87 bits per heavy atom. The summed E-state index contributed by atoms with van der Waals surface area (Å²) in [7, 11) is 0. The van der Waals surface area contributed by atoms with Gasteiger partial charge in [-0.15, -0.1) is 0 Å². The molecule has 3 aliphatic rings. The summed E-state index contributed by atoms with van der Waals surface area (Å²) in [5.41, 5.74) is 0. The molecule has 1 heterocycles. The number of nitrogens with one attached hydrogen (secondary N) is 2. The van der Waals surface area contributed by atoms with Crippen molar-refractivity contribution in [3.05, 3.63) is 0 Å². The van der Waals surface area contributed by atoms with Crippen molar-refractivity contribution in [1.29, 1.82) is 0 Å². The molecule has 3 unspecified atom stereocenters. The van der Waals surface area contributed by atoms with Gasteiger partial charge in [-0.2, -0.15) is 0 Å². The van der Waals surface area contributed by atoms with Gasteiger partial charge in [0, 0.05) is 24.7 Å². The molecule has 0 radical (unpaired) electrons. The van der Waals surface area contributed by atoms with Crippen molar-refractivity contribution in [3.8, 4) is 0 Å². The van der Waals surface area contributed by atoms with E-state index in [-0.39, 0.29) is 0 Å². The van der Waals surface area contributed by atoms with Crippen molar-refractivity contribution in [2.45, 2.75) is 69.5 Å². The van der Waals surface area contributed by atoms with Gasteiger partial charge in [0.2, 0.25) is 0 Å². The van der Waals surface area contributed by atoms with Gasteiger partial charge in [-0.25, -0.2) is 0 Å². The molecule has 15 heavy (non-hydrogen) atoms. The fourth-order valence-corrected chi connectivity index (χ4v) is 3.51. The maximum Gasteiger partial charge on any atom is 0.0198 e. The van der Waals surface area contributed by atoms with Crippen molar-refractivity contribution in [2.24, 2.45) is 5.92 Å². The molecule has 0 bridgehead atoms. The molecule has 0 aromatic rings. The number of hydrogen-bond acceptors (Lipinski definition) is 2. The summed E-state index contributed by atoms with van der Waals surface area (Å²) < 4.78 is 0. The highest BCUT2D eigenvalue weighted by molar-refractivity contribution is 4.94. The predicted molar refractivity (Wildman–Crippen MR) is 62.9 cm³/mol. The Balaban J connectivity index is 1.43. The molecule has 1 aliphatic heterocycles. The van der Waals surface area contributed by atoms with Crippen LogP contribution in [0.2, 0.25) is 0 Å². The molecule has 2 N–H and O–H groups in total. The molecule has 2 nitrogen and oxygen atoms in total. The molecule has 2 heteroatoms. The van der Waals surface area contributed by atoms with Crippen LogP contribution in [-0.4, -0.2) is 24.7 Å². The number of rotatable bonds is 3. The number of fused-ring (bicyclic) bond motifs is 1. The largest absolute Gasteiger partial charge is 0.312 e. The van der Waals surface area contributed by atoms with Crippen molar-refractivity contribution >= 4 is 0 Å². The summed E-state index contributed by atoms with van der Waals surface area (Å²) in [6.45, 7) is 1.22. The van der Waals surface area contributed by atoms with E-state index in [1.807, 2.05) is 0 Å². The van der Waals surface area contributed by atoms with Crippen LogP contribution >= 0.6 is 0 Å². The Morgan fingerprint density at radius 1 is 1.00 bits per heavy atom. The summed E-state index contributed by atoms with van der Waals surface area (Å²) in [4.78, 5) is 0. The lowest BCUT2D eigenvalue weighted by Gasteiger charge is -2.28. The minimum absolute atomic E-state index is 0.777. The first-order valence-corrected chi connectivity index (χ1v) is 6.91. The molecule has 0 aromatic heterocycles. The van der Waals surface area contributed by atoms with Crippen LogP contribution in [0.25, 0.3) is 0 Å². The Bertz CT molecular complexity index is 199. The highest BCUT2D eigenvalue weighted by atomic mass is 15.1. The average molecular weight is 208 g/mol. The average Bonchev–Trinajstić information content (AvgIpc) is 2.57. The van der Waals surface area contributed by atoms with E-state index in [1.165, 1.54) is 57.9 Å². The normalized spacial score (nSPS) is 41.2. The molecular formula is C13H24N2. The number of hydrogen-bond donors (Lipinski definition) is 2. The van der Waals surface area contributed by atoms with Crippen LogP contribution in [0, 0.1) is 5.92 Å². The lowest BCUT2D eigenvalue weighted by molar-refractivity contribution is 0.322. The molecule has 0 spiro atoms. The predicted octanol–water partition coefficient (Wildman–Crippen LogP) is 2.05. The molecule has 1 saturated heterocycles. The van der Waals surface area contributed by atoms with E-state index in [4.69, 9.17) is 0 Å². The quantitative estimate of drug-likeness (QED) is 0.742. The first-order chi connectivity index (χ1) is 7.42. The standard InChI is InChI=1S/C13H24N2/c1-2-7-13-10(4-1)8-12(15-13)9-14-11-5-3-6-11/h10-15H,1-9H2. The molecule has 2 saturated carbocycles. The third kappa shape index (κ3) is 2.21. The highest BCUT2D eigenvalue weighted by Crippen LogP contribution is 2.33. The van der Waals surface area contributed by atoms with Crippen molar-refractivity contribution in [2.75, 3.05) is 6.54 Å². The van der Waals surface area contributed by atoms with Crippen LogP contribution in [0.4, 0.5) is 0 Å². The second-order valence-corrected chi connectivity index (χ2v) is 5.79. The van der Waals surface area contributed by atoms with Gasteiger partial charge in [0.15, 0.2) is 0 Å². The maximum absolute atomic E-state index is 3.83. The van der Waals surface area contributed by atoms with Gasteiger partial charge in [0.05, 0.1) is 0 Å². The second-order valence-electron chi connectivity index (χ2n) is 5.79. The lowest BCUT2D eigenvalue weighted by atomic mass is 9.85. The van der Waals surface area contributed by atoms with E-state index in [1.54, 1.807) is 0 Å². The van der Waals surface area contributed by atoms with Gasteiger partial charge in [0.1, 0.15) is 0 Å².